The standard InChI is InChI=1S/C15H14ClNO3/c1-19-14-8-12(9-17-18)7-13(16)15(14)20-10-11-5-3-2-4-6-11/h2-9,18H,10H2,1H3/b17-9-. The van der Waals surface area contributed by atoms with Gasteiger partial charge < -0.3 is 14.7 Å². The fourth-order valence-electron chi connectivity index (χ4n) is 1.75. The lowest BCUT2D eigenvalue weighted by molar-refractivity contribution is 0.284. The first-order chi connectivity index (χ1) is 9.74. The van der Waals surface area contributed by atoms with Crippen LogP contribution in [0.5, 0.6) is 11.5 Å². The highest BCUT2D eigenvalue weighted by atomic mass is 35.5. The molecule has 0 heterocycles. The van der Waals surface area contributed by atoms with Gasteiger partial charge in [0.05, 0.1) is 18.3 Å². The second kappa shape index (κ2) is 6.82. The summed E-state index contributed by atoms with van der Waals surface area (Å²) in [6.45, 7) is 0.393. The summed E-state index contributed by atoms with van der Waals surface area (Å²) in [7, 11) is 1.53. The number of halogens is 1. The minimum atomic E-state index is 0.393. The van der Waals surface area contributed by atoms with E-state index in [-0.39, 0.29) is 0 Å². The van der Waals surface area contributed by atoms with Gasteiger partial charge in [0.15, 0.2) is 11.5 Å². The summed E-state index contributed by atoms with van der Waals surface area (Å²) in [5.74, 6) is 0.955. The summed E-state index contributed by atoms with van der Waals surface area (Å²) in [6.07, 6.45) is 1.27. The van der Waals surface area contributed by atoms with Crippen molar-refractivity contribution in [1.29, 1.82) is 0 Å². The number of benzene rings is 2. The van der Waals surface area contributed by atoms with E-state index in [1.54, 1.807) is 12.1 Å². The van der Waals surface area contributed by atoms with Crippen LogP contribution in [-0.4, -0.2) is 18.5 Å². The van der Waals surface area contributed by atoms with Crippen molar-refractivity contribution in [3.8, 4) is 11.5 Å². The fraction of sp³-hybridized carbons (Fsp3) is 0.133. The van der Waals surface area contributed by atoms with Crippen LogP contribution in [0.2, 0.25) is 5.02 Å². The SMILES string of the molecule is COc1cc(/C=N\O)cc(Cl)c1OCc1ccccc1. The highest BCUT2D eigenvalue weighted by Crippen LogP contribution is 2.36. The van der Waals surface area contributed by atoms with E-state index in [9.17, 15) is 0 Å². The van der Waals surface area contributed by atoms with Gasteiger partial charge in [-0.15, -0.1) is 0 Å². The molecule has 0 radical (unpaired) electrons. The number of hydrogen-bond donors (Lipinski definition) is 1. The number of ether oxygens (including phenoxy) is 2. The van der Waals surface area contributed by atoms with Gasteiger partial charge in [-0.3, -0.25) is 0 Å². The molecular formula is C15H14ClNO3. The number of hydrogen-bond acceptors (Lipinski definition) is 4. The summed E-state index contributed by atoms with van der Waals surface area (Å²) < 4.78 is 11.0. The van der Waals surface area contributed by atoms with Gasteiger partial charge >= 0.3 is 0 Å². The Bertz CT molecular complexity index is 600. The minimum Gasteiger partial charge on any atom is -0.493 e. The van der Waals surface area contributed by atoms with E-state index in [1.807, 2.05) is 30.3 Å². The van der Waals surface area contributed by atoms with Crippen molar-refractivity contribution in [2.45, 2.75) is 6.61 Å². The first kappa shape index (κ1) is 14.2. The molecule has 0 fully saturated rings. The molecular weight excluding hydrogens is 278 g/mol. The maximum absolute atomic E-state index is 8.55. The Kier molecular flexibility index (Phi) is 4.85. The Morgan fingerprint density at radius 2 is 2.00 bits per heavy atom. The van der Waals surface area contributed by atoms with Crippen LogP contribution in [0, 0.1) is 0 Å². The van der Waals surface area contributed by atoms with Crippen molar-refractivity contribution in [1.82, 2.24) is 0 Å². The van der Waals surface area contributed by atoms with Crippen LogP contribution < -0.4 is 9.47 Å². The van der Waals surface area contributed by atoms with E-state index in [2.05, 4.69) is 5.16 Å². The summed E-state index contributed by atoms with van der Waals surface area (Å²) >= 11 is 6.17. The van der Waals surface area contributed by atoms with Crippen LogP contribution in [0.3, 0.4) is 0 Å². The quantitative estimate of drug-likeness (QED) is 0.519. The second-order valence-electron chi connectivity index (χ2n) is 4.05. The first-order valence-corrected chi connectivity index (χ1v) is 6.34. The minimum absolute atomic E-state index is 0.393. The molecule has 2 aromatic rings. The lowest BCUT2D eigenvalue weighted by Gasteiger charge is -2.13. The van der Waals surface area contributed by atoms with Gasteiger partial charge in [-0.25, -0.2) is 0 Å². The number of methoxy groups -OCH3 is 1. The number of oxime groups is 1. The Hall–Kier alpha value is -2.20. The summed E-state index contributed by atoms with van der Waals surface area (Å²) in [5, 5.41) is 11.9. The maximum atomic E-state index is 8.55. The molecule has 0 aliphatic rings. The van der Waals surface area contributed by atoms with Gasteiger partial charge in [0.1, 0.15) is 6.61 Å². The third-order valence-electron chi connectivity index (χ3n) is 2.68. The van der Waals surface area contributed by atoms with Crippen molar-refractivity contribution in [2.24, 2.45) is 5.16 Å². The predicted molar refractivity (Wildman–Crippen MR) is 78.2 cm³/mol. The molecule has 0 spiro atoms. The van der Waals surface area contributed by atoms with E-state index < -0.39 is 0 Å². The average Bonchev–Trinajstić information content (AvgIpc) is 2.47. The molecule has 5 heteroatoms. The zero-order valence-electron chi connectivity index (χ0n) is 10.9. The molecule has 4 nitrogen and oxygen atoms in total. The van der Waals surface area contributed by atoms with Gasteiger partial charge in [0.2, 0.25) is 0 Å². The molecule has 0 aromatic heterocycles. The summed E-state index contributed by atoms with van der Waals surface area (Å²) in [6, 6.07) is 13.1. The van der Waals surface area contributed by atoms with Crippen molar-refractivity contribution in [3.05, 3.63) is 58.6 Å². The summed E-state index contributed by atoms with van der Waals surface area (Å²) in [4.78, 5) is 0. The van der Waals surface area contributed by atoms with Crippen molar-refractivity contribution < 1.29 is 14.7 Å². The molecule has 20 heavy (non-hydrogen) atoms. The van der Waals surface area contributed by atoms with Gasteiger partial charge in [-0.05, 0) is 17.7 Å². The predicted octanol–water partition coefficient (Wildman–Crippen LogP) is 3.74. The third-order valence-corrected chi connectivity index (χ3v) is 2.97. The molecule has 0 bridgehead atoms. The Labute approximate surface area is 122 Å². The molecule has 0 saturated heterocycles. The van der Waals surface area contributed by atoms with Crippen LogP contribution in [0.1, 0.15) is 11.1 Å². The Balaban J connectivity index is 2.22. The maximum Gasteiger partial charge on any atom is 0.180 e. The lowest BCUT2D eigenvalue weighted by atomic mass is 10.2. The van der Waals surface area contributed by atoms with Crippen LogP contribution >= 0.6 is 11.6 Å². The van der Waals surface area contributed by atoms with E-state index >= 15 is 0 Å². The fourth-order valence-corrected chi connectivity index (χ4v) is 2.02. The monoisotopic (exact) mass is 291 g/mol. The third kappa shape index (κ3) is 3.42. The van der Waals surface area contributed by atoms with Crippen LogP contribution in [0.4, 0.5) is 0 Å². The van der Waals surface area contributed by atoms with E-state index in [0.717, 1.165) is 5.56 Å². The van der Waals surface area contributed by atoms with E-state index in [1.165, 1.54) is 13.3 Å². The van der Waals surface area contributed by atoms with Crippen LogP contribution in [0.25, 0.3) is 0 Å². The van der Waals surface area contributed by atoms with Crippen molar-refractivity contribution in [2.75, 3.05) is 7.11 Å². The Morgan fingerprint density at radius 3 is 2.65 bits per heavy atom. The topological polar surface area (TPSA) is 51.0 Å². The molecule has 0 saturated carbocycles. The largest absolute Gasteiger partial charge is 0.493 e. The molecule has 1 N–H and O–H groups in total. The lowest BCUT2D eigenvalue weighted by Crippen LogP contribution is -1.99. The molecule has 0 unspecified atom stereocenters. The summed E-state index contributed by atoms with van der Waals surface area (Å²) in [5.41, 5.74) is 1.66. The van der Waals surface area contributed by atoms with Crippen molar-refractivity contribution in [3.63, 3.8) is 0 Å². The molecule has 0 aliphatic heterocycles. The van der Waals surface area contributed by atoms with Gasteiger partial charge in [0, 0.05) is 5.56 Å². The van der Waals surface area contributed by atoms with Gasteiger partial charge in [-0.2, -0.15) is 0 Å². The van der Waals surface area contributed by atoms with Gasteiger partial charge in [0.25, 0.3) is 0 Å². The van der Waals surface area contributed by atoms with E-state index in [0.29, 0.717) is 28.7 Å². The van der Waals surface area contributed by atoms with E-state index in [4.69, 9.17) is 26.3 Å². The van der Waals surface area contributed by atoms with Crippen molar-refractivity contribution >= 4 is 17.8 Å². The van der Waals surface area contributed by atoms with Crippen LogP contribution in [0.15, 0.2) is 47.6 Å². The first-order valence-electron chi connectivity index (χ1n) is 5.96. The zero-order valence-corrected chi connectivity index (χ0v) is 11.7. The number of rotatable bonds is 5. The molecule has 0 aliphatic carbocycles. The molecule has 2 aromatic carbocycles. The van der Waals surface area contributed by atoms with Gasteiger partial charge in [-0.1, -0.05) is 47.1 Å². The Morgan fingerprint density at radius 1 is 1.25 bits per heavy atom. The van der Waals surface area contributed by atoms with Crippen LogP contribution in [-0.2, 0) is 6.61 Å². The molecule has 2 rings (SSSR count). The molecule has 104 valence electrons. The molecule has 0 atom stereocenters. The average molecular weight is 292 g/mol. The number of nitrogens with zero attached hydrogens (tertiary/aromatic N) is 1. The zero-order chi connectivity index (χ0) is 14.4. The molecule has 0 amide bonds. The highest BCUT2D eigenvalue weighted by molar-refractivity contribution is 6.32. The highest BCUT2D eigenvalue weighted by Gasteiger charge is 2.11. The second-order valence-corrected chi connectivity index (χ2v) is 4.46. The smallest absolute Gasteiger partial charge is 0.180 e. The normalized spacial score (nSPS) is 10.7.